The maximum Gasteiger partial charge on any atom is 0.155 e. The molecule has 0 amide bonds. The van der Waals surface area contributed by atoms with Crippen LogP contribution >= 0.6 is 0 Å². The molecule has 2 heterocycles. The number of aromatic hydroxyl groups is 1. The number of hydrogen-bond acceptors (Lipinski definition) is 3. The maximum absolute atomic E-state index is 9.28. The van der Waals surface area contributed by atoms with Crippen LogP contribution in [0.3, 0.4) is 0 Å². The van der Waals surface area contributed by atoms with E-state index in [-0.39, 0.29) is 5.75 Å². The zero-order valence-corrected chi connectivity index (χ0v) is 12.2. The maximum atomic E-state index is 9.28. The molecule has 0 bridgehead atoms. The van der Waals surface area contributed by atoms with Crippen LogP contribution in [-0.4, -0.2) is 15.3 Å². The summed E-state index contributed by atoms with van der Waals surface area (Å²) in [5, 5.41) is 17.6. The van der Waals surface area contributed by atoms with E-state index < -0.39 is 0 Å². The van der Waals surface area contributed by atoms with Gasteiger partial charge in [0.2, 0.25) is 0 Å². The van der Waals surface area contributed by atoms with Gasteiger partial charge in [-0.1, -0.05) is 36.4 Å². The summed E-state index contributed by atoms with van der Waals surface area (Å²) in [5.74, 6) is 1.00. The number of aromatic nitrogens is 2. The Labute approximate surface area is 132 Å². The van der Waals surface area contributed by atoms with Crippen molar-refractivity contribution in [2.75, 3.05) is 0 Å². The minimum Gasteiger partial charge on any atom is -0.508 e. The molecule has 4 nitrogen and oxygen atoms in total. The van der Waals surface area contributed by atoms with Gasteiger partial charge in [0, 0.05) is 5.39 Å². The normalized spacial score (nSPS) is 11.5. The summed E-state index contributed by atoms with van der Waals surface area (Å²) in [7, 11) is 0. The molecule has 4 rings (SSSR count). The summed E-state index contributed by atoms with van der Waals surface area (Å²) < 4.78 is 5.81. The van der Waals surface area contributed by atoms with Crippen LogP contribution in [0.15, 0.2) is 65.1 Å². The summed E-state index contributed by atoms with van der Waals surface area (Å²) in [4.78, 5) is 0. The molecule has 4 heteroatoms. The molecule has 0 saturated carbocycles. The van der Waals surface area contributed by atoms with Crippen LogP contribution in [-0.2, 0) is 0 Å². The number of hydrogen-bond donors (Lipinski definition) is 2. The lowest BCUT2D eigenvalue weighted by atomic mass is 10.2. The number of nitrogens with zero attached hydrogens (tertiary/aromatic N) is 1. The van der Waals surface area contributed by atoms with Gasteiger partial charge >= 0.3 is 0 Å². The van der Waals surface area contributed by atoms with Crippen molar-refractivity contribution >= 4 is 23.1 Å². The van der Waals surface area contributed by atoms with Crippen molar-refractivity contribution in [1.82, 2.24) is 10.2 Å². The summed E-state index contributed by atoms with van der Waals surface area (Å²) in [6.07, 6.45) is 3.89. The Morgan fingerprint density at radius 2 is 1.78 bits per heavy atom. The number of para-hydroxylation sites is 1. The van der Waals surface area contributed by atoms with Crippen molar-refractivity contribution in [1.29, 1.82) is 0 Å². The molecular formula is C19H14N2O2. The van der Waals surface area contributed by atoms with Crippen molar-refractivity contribution in [3.8, 4) is 17.2 Å². The molecule has 0 aliphatic rings. The summed E-state index contributed by atoms with van der Waals surface area (Å²) in [6, 6.07) is 18.8. The molecule has 2 aromatic heterocycles. The Bertz CT molecular complexity index is 945. The number of phenolic OH excluding ortho intramolecular Hbond substituents is 1. The third kappa shape index (κ3) is 2.74. The van der Waals surface area contributed by atoms with Gasteiger partial charge in [0.05, 0.1) is 5.69 Å². The SMILES string of the molecule is Oc1ccc(C=Cc2cc(-c3cc4ccccc4o3)n[nH]2)cc1. The fourth-order valence-corrected chi connectivity index (χ4v) is 2.43. The van der Waals surface area contributed by atoms with Gasteiger partial charge in [0.1, 0.15) is 17.0 Å². The number of phenols is 1. The Kier molecular flexibility index (Phi) is 3.20. The van der Waals surface area contributed by atoms with E-state index in [1.165, 1.54) is 0 Å². The van der Waals surface area contributed by atoms with Crippen molar-refractivity contribution in [2.45, 2.75) is 0 Å². The second kappa shape index (κ2) is 5.50. The zero-order valence-electron chi connectivity index (χ0n) is 12.2. The molecule has 0 fully saturated rings. The van der Waals surface area contributed by atoms with Crippen LogP contribution in [0.4, 0.5) is 0 Å². The van der Waals surface area contributed by atoms with Gasteiger partial charge in [0.15, 0.2) is 5.76 Å². The Morgan fingerprint density at radius 1 is 0.957 bits per heavy atom. The highest BCUT2D eigenvalue weighted by molar-refractivity contribution is 5.82. The lowest BCUT2D eigenvalue weighted by Gasteiger charge is -1.93. The molecule has 112 valence electrons. The van der Waals surface area contributed by atoms with E-state index in [4.69, 9.17) is 4.42 Å². The van der Waals surface area contributed by atoms with Gasteiger partial charge in [-0.3, -0.25) is 5.10 Å². The van der Waals surface area contributed by atoms with E-state index >= 15 is 0 Å². The summed E-state index contributed by atoms with van der Waals surface area (Å²) >= 11 is 0. The molecular weight excluding hydrogens is 288 g/mol. The number of furan rings is 1. The third-order valence-corrected chi connectivity index (χ3v) is 3.62. The van der Waals surface area contributed by atoms with Crippen molar-refractivity contribution in [3.63, 3.8) is 0 Å². The smallest absolute Gasteiger partial charge is 0.155 e. The van der Waals surface area contributed by atoms with E-state index in [1.54, 1.807) is 12.1 Å². The van der Waals surface area contributed by atoms with Gasteiger partial charge in [-0.2, -0.15) is 5.10 Å². The number of rotatable bonds is 3. The van der Waals surface area contributed by atoms with Crippen LogP contribution in [0.1, 0.15) is 11.3 Å². The number of aromatic amines is 1. The first-order valence-electron chi connectivity index (χ1n) is 7.29. The lowest BCUT2D eigenvalue weighted by molar-refractivity contribution is 0.475. The first-order chi connectivity index (χ1) is 11.3. The molecule has 2 aromatic carbocycles. The third-order valence-electron chi connectivity index (χ3n) is 3.62. The van der Waals surface area contributed by atoms with E-state index in [0.29, 0.717) is 0 Å². The van der Waals surface area contributed by atoms with Crippen LogP contribution < -0.4 is 0 Å². The monoisotopic (exact) mass is 302 g/mol. The number of fused-ring (bicyclic) bond motifs is 1. The van der Waals surface area contributed by atoms with Gasteiger partial charge in [0.25, 0.3) is 0 Å². The van der Waals surface area contributed by atoms with Crippen LogP contribution in [0, 0.1) is 0 Å². The first kappa shape index (κ1) is 13.4. The molecule has 0 saturated heterocycles. The average molecular weight is 302 g/mol. The van der Waals surface area contributed by atoms with Crippen molar-refractivity contribution in [3.05, 3.63) is 71.9 Å². The number of H-pyrrole nitrogens is 1. The highest BCUT2D eigenvalue weighted by Gasteiger charge is 2.08. The quantitative estimate of drug-likeness (QED) is 0.576. The summed E-state index contributed by atoms with van der Waals surface area (Å²) in [5.41, 5.74) is 3.51. The molecule has 0 unspecified atom stereocenters. The standard InChI is InChI=1S/C19H14N2O2/c22-16-9-6-13(7-10-16)5-8-15-12-17(21-20-15)19-11-14-3-1-2-4-18(14)23-19/h1-12,22H,(H,20,21). The van der Waals surface area contributed by atoms with Gasteiger partial charge < -0.3 is 9.52 Å². The number of nitrogens with one attached hydrogen (secondary N) is 1. The molecule has 0 aliphatic heterocycles. The molecule has 2 N–H and O–H groups in total. The molecule has 23 heavy (non-hydrogen) atoms. The van der Waals surface area contributed by atoms with Gasteiger partial charge in [-0.05, 0) is 42.0 Å². The van der Waals surface area contributed by atoms with E-state index in [9.17, 15) is 5.11 Å². The molecule has 0 spiro atoms. The average Bonchev–Trinajstić information content (AvgIpc) is 3.21. The van der Waals surface area contributed by atoms with E-state index in [0.717, 1.165) is 33.7 Å². The highest BCUT2D eigenvalue weighted by Crippen LogP contribution is 2.27. The summed E-state index contributed by atoms with van der Waals surface area (Å²) in [6.45, 7) is 0. The van der Waals surface area contributed by atoms with Gasteiger partial charge in [-0.25, -0.2) is 0 Å². The molecule has 0 radical (unpaired) electrons. The second-order valence-electron chi connectivity index (χ2n) is 5.28. The topological polar surface area (TPSA) is 62.1 Å². The predicted molar refractivity (Wildman–Crippen MR) is 90.8 cm³/mol. The van der Waals surface area contributed by atoms with Crippen LogP contribution in [0.2, 0.25) is 0 Å². The number of benzene rings is 2. The molecule has 0 aliphatic carbocycles. The van der Waals surface area contributed by atoms with Gasteiger partial charge in [-0.15, -0.1) is 0 Å². The van der Waals surface area contributed by atoms with Crippen molar-refractivity contribution < 1.29 is 9.52 Å². The van der Waals surface area contributed by atoms with E-state index in [1.807, 2.05) is 60.7 Å². The fraction of sp³-hybridized carbons (Fsp3) is 0. The van der Waals surface area contributed by atoms with Crippen molar-refractivity contribution in [2.24, 2.45) is 0 Å². The Morgan fingerprint density at radius 3 is 2.61 bits per heavy atom. The Balaban J connectivity index is 1.59. The zero-order chi connectivity index (χ0) is 15.6. The largest absolute Gasteiger partial charge is 0.508 e. The van der Waals surface area contributed by atoms with E-state index in [2.05, 4.69) is 10.2 Å². The first-order valence-corrected chi connectivity index (χ1v) is 7.29. The predicted octanol–water partition coefficient (Wildman–Crippen LogP) is 4.70. The van der Waals surface area contributed by atoms with Crippen LogP contribution in [0.5, 0.6) is 5.75 Å². The minimum absolute atomic E-state index is 0.260. The Hall–Kier alpha value is -3.27. The highest BCUT2D eigenvalue weighted by atomic mass is 16.3. The molecule has 4 aromatic rings. The fourth-order valence-electron chi connectivity index (χ4n) is 2.43. The van der Waals surface area contributed by atoms with Crippen LogP contribution in [0.25, 0.3) is 34.6 Å². The lowest BCUT2D eigenvalue weighted by Crippen LogP contribution is -1.73. The molecule has 0 atom stereocenters. The second-order valence-corrected chi connectivity index (χ2v) is 5.28. The minimum atomic E-state index is 0.260.